The maximum absolute atomic E-state index is 12.8. The number of aromatic amines is 1. The van der Waals surface area contributed by atoms with E-state index in [1.807, 2.05) is 65.6 Å². The van der Waals surface area contributed by atoms with Gasteiger partial charge in [-0.1, -0.05) is 48.5 Å². The van der Waals surface area contributed by atoms with Gasteiger partial charge in [0, 0.05) is 12.1 Å². The number of carbonyl (C=O) groups excluding carboxylic acids is 1. The lowest BCUT2D eigenvalue weighted by atomic mass is 10.0. The minimum atomic E-state index is -0.0874. The molecule has 1 saturated heterocycles. The minimum Gasteiger partial charge on any atom is -0.484 e. The molecule has 1 aliphatic rings. The lowest BCUT2D eigenvalue weighted by Gasteiger charge is -2.34. The molecule has 0 radical (unpaired) electrons. The van der Waals surface area contributed by atoms with Gasteiger partial charge in [-0.25, -0.2) is 4.98 Å². The molecule has 1 amide bonds. The number of piperidine rings is 1. The number of para-hydroxylation sites is 1. The maximum Gasteiger partial charge on any atom is 0.261 e. The van der Waals surface area contributed by atoms with Crippen molar-refractivity contribution in [1.29, 1.82) is 0 Å². The fourth-order valence-corrected chi connectivity index (χ4v) is 3.40. The van der Waals surface area contributed by atoms with Crippen LogP contribution >= 0.6 is 0 Å². The van der Waals surface area contributed by atoms with E-state index in [4.69, 9.17) is 4.74 Å². The van der Waals surface area contributed by atoms with E-state index in [9.17, 15) is 4.79 Å². The molecule has 2 aromatic carbocycles. The second-order valence-corrected chi connectivity index (χ2v) is 6.61. The molecule has 4 rings (SSSR count). The van der Waals surface area contributed by atoms with Crippen LogP contribution in [0.25, 0.3) is 11.4 Å². The summed E-state index contributed by atoms with van der Waals surface area (Å²) in [7, 11) is 0. The molecule has 0 unspecified atom stereocenters. The summed E-state index contributed by atoms with van der Waals surface area (Å²) in [5.74, 6) is 2.07. The van der Waals surface area contributed by atoms with Crippen LogP contribution in [0.3, 0.4) is 0 Å². The van der Waals surface area contributed by atoms with E-state index in [0.717, 1.165) is 30.7 Å². The van der Waals surface area contributed by atoms with Crippen molar-refractivity contribution in [2.75, 3.05) is 13.2 Å². The number of nitrogens with zero attached hydrogens (tertiary/aromatic N) is 3. The molecule has 1 aromatic heterocycles. The monoisotopic (exact) mass is 362 g/mol. The fraction of sp³-hybridized carbons (Fsp3) is 0.286. The number of aromatic nitrogens is 3. The molecule has 0 spiro atoms. The van der Waals surface area contributed by atoms with Gasteiger partial charge in [0.05, 0.1) is 6.04 Å². The summed E-state index contributed by atoms with van der Waals surface area (Å²) >= 11 is 0. The van der Waals surface area contributed by atoms with Crippen LogP contribution in [0, 0.1) is 0 Å². The first-order valence-corrected chi connectivity index (χ1v) is 9.26. The predicted molar refractivity (Wildman–Crippen MR) is 102 cm³/mol. The molecule has 138 valence electrons. The van der Waals surface area contributed by atoms with Crippen LogP contribution in [0.4, 0.5) is 0 Å². The maximum atomic E-state index is 12.8. The molecule has 1 atom stereocenters. The molecular formula is C21H22N4O2. The highest BCUT2D eigenvalue weighted by molar-refractivity contribution is 5.78. The van der Waals surface area contributed by atoms with Crippen LogP contribution in [0.1, 0.15) is 31.1 Å². The zero-order valence-corrected chi connectivity index (χ0v) is 15.0. The quantitative estimate of drug-likeness (QED) is 0.753. The van der Waals surface area contributed by atoms with Gasteiger partial charge in [-0.15, -0.1) is 0 Å². The third kappa shape index (κ3) is 4.00. The van der Waals surface area contributed by atoms with Crippen LogP contribution in [-0.4, -0.2) is 39.1 Å². The van der Waals surface area contributed by atoms with Crippen LogP contribution in [0.15, 0.2) is 60.7 Å². The van der Waals surface area contributed by atoms with E-state index < -0.39 is 0 Å². The van der Waals surface area contributed by atoms with E-state index >= 15 is 0 Å². The average Bonchev–Trinajstić information content (AvgIpc) is 3.23. The number of H-pyrrole nitrogens is 1. The molecule has 0 bridgehead atoms. The molecule has 27 heavy (non-hydrogen) atoms. The molecule has 1 fully saturated rings. The second-order valence-electron chi connectivity index (χ2n) is 6.61. The molecule has 2 heterocycles. The number of amides is 1. The van der Waals surface area contributed by atoms with E-state index in [2.05, 4.69) is 15.2 Å². The topological polar surface area (TPSA) is 71.1 Å². The Kier molecular flexibility index (Phi) is 5.14. The van der Waals surface area contributed by atoms with Crippen molar-refractivity contribution in [3.05, 3.63) is 66.5 Å². The minimum absolute atomic E-state index is 0.0267. The lowest BCUT2D eigenvalue weighted by molar-refractivity contribution is -0.137. The van der Waals surface area contributed by atoms with Gasteiger partial charge < -0.3 is 9.64 Å². The Morgan fingerprint density at radius 2 is 1.81 bits per heavy atom. The Bertz CT molecular complexity index is 879. The highest BCUT2D eigenvalue weighted by atomic mass is 16.5. The molecule has 1 N–H and O–H groups in total. The zero-order valence-electron chi connectivity index (χ0n) is 15.0. The summed E-state index contributed by atoms with van der Waals surface area (Å²) in [5.41, 5.74) is 0.959. The van der Waals surface area contributed by atoms with Crippen LogP contribution in [0.2, 0.25) is 0 Å². The molecule has 0 saturated carbocycles. The Labute approximate surface area is 158 Å². The van der Waals surface area contributed by atoms with E-state index in [1.54, 1.807) is 0 Å². The molecule has 1 aliphatic heterocycles. The van der Waals surface area contributed by atoms with Crippen molar-refractivity contribution in [3.8, 4) is 17.1 Å². The number of rotatable bonds is 5. The van der Waals surface area contributed by atoms with Gasteiger partial charge in [-0.3, -0.25) is 9.89 Å². The summed E-state index contributed by atoms with van der Waals surface area (Å²) in [6, 6.07) is 19.2. The van der Waals surface area contributed by atoms with Crippen molar-refractivity contribution in [2.24, 2.45) is 0 Å². The van der Waals surface area contributed by atoms with E-state index in [1.165, 1.54) is 0 Å². The van der Waals surface area contributed by atoms with E-state index in [-0.39, 0.29) is 18.6 Å². The van der Waals surface area contributed by atoms with Crippen molar-refractivity contribution in [3.63, 3.8) is 0 Å². The Balaban J connectivity index is 1.47. The predicted octanol–water partition coefficient (Wildman–Crippen LogP) is 3.60. The molecule has 3 aromatic rings. The van der Waals surface area contributed by atoms with Crippen molar-refractivity contribution < 1.29 is 9.53 Å². The zero-order chi connectivity index (χ0) is 18.5. The highest BCUT2D eigenvalue weighted by Gasteiger charge is 2.30. The Hall–Kier alpha value is -3.15. The molecule has 6 heteroatoms. The Morgan fingerprint density at radius 1 is 1.07 bits per heavy atom. The number of benzene rings is 2. The van der Waals surface area contributed by atoms with Gasteiger partial charge in [-0.05, 0) is 31.4 Å². The van der Waals surface area contributed by atoms with Gasteiger partial charge in [-0.2, -0.15) is 5.10 Å². The first-order valence-electron chi connectivity index (χ1n) is 9.26. The molecule has 0 aliphatic carbocycles. The van der Waals surface area contributed by atoms with Gasteiger partial charge in [0.25, 0.3) is 5.91 Å². The molecule has 6 nitrogen and oxygen atoms in total. The fourth-order valence-electron chi connectivity index (χ4n) is 3.40. The van der Waals surface area contributed by atoms with Gasteiger partial charge in [0.2, 0.25) is 0 Å². The van der Waals surface area contributed by atoms with Crippen LogP contribution in [0.5, 0.6) is 5.75 Å². The van der Waals surface area contributed by atoms with Crippen molar-refractivity contribution in [2.45, 2.75) is 25.3 Å². The average molecular weight is 362 g/mol. The smallest absolute Gasteiger partial charge is 0.261 e. The largest absolute Gasteiger partial charge is 0.484 e. The van der Waals surface area contributed by atoms with Crippen molar-refractivity contribution >= 4 is 5.91 Å². The number of likely N-dealkylation sites (tertiary alicyclic amines) is 1. The van der Waals surface area contributed by atoms with Gasteiger partial charge >= 0.3 is 0 Å². The Morgan fingerprint density at radius 3 is 2.59 bits per heavy atom. The number of nitrogens with one attached hydrogen (secondary N) is 1. The standard InChI is InChI=1S/C21H22N4O2/c26-19(15-27-17-11-5-2-6-12-17)25-14-8-7-13-18(25)21-22-20(23-24-21)16-9-3-1-4-10-16/h1-6,9-12,18H,7-8,13-15H2,(H,22,23,24)/t18-/m1/s1. The SMILES string of the molecule is O=C(COc1ccccc1)N1CCCC[C@@H]1c1nc(-c2ccccc2)n[nH]1. The lowest BCUT2D eigenvalue weighted by Crippen LogP contribution is -2.41. The normalized spacial score (nSPS) is 16.9. The number of carbonyl (C=O) groups is 1. The number of hydrogen-bond donors (Lipinski definition) is 1. The van der Waals surface area contributed by atoms with Crippen LogP contribution < -0.4 is 4.74 Å². The first kappa shape index (κ1) is 17.3. The summed E-state index contributed by atoms with van der Waals surface area (Å²) in [6.45, 7) is 0.739. The summed E-state index contributed by atoms with van der Waals surface area (Å²) in [4.78, 5) is 19.3. The third-order valence-corrected chi connectivity index (χ3v) is 4.78. The molecular weight excluding hydrogens is 340 g/mol. The van der Waals surface area contributed by atoms with Gasteiger partial charge in [0.1, 0.15) is 11.6 Å². The first-order chi connectivity index (χ1) is 13.3. The highest BCUT2D eigenvalue weighted by Crippen LogP contribution is 2.30. The van der Waals surface area contributed by atoms with Gasteiger partial charge in [0.15, 0.2) is 12.4 Å². The second kappa shape index (κ2) is 8.03. The number of ether oxygens (including phenoxy) is 1. The van der Waals surface area contributed by atoms with Crippen LogP contribution in [-0.2, 0) is 4.79 Å². The van der Waals surface area contributed by atoms with Crippen molar-refractivity contribution in [1.82, 2.24) is 20.1 Å². The third-order valence-electron chi connectivity index (χ3n) is 4.78. The summed E-state index contributed by atoms with van der Waals surface area (Å²) < 4.78 is 5.64. The van der Waals surface area contributed by atoms with E-state index in [0.29, 0.717) is 18.1 Å². The summed E-state index contributed by atoms with van der Waals surface area (Å²) in [5, 5.41) is 7.38. The summed E-state index contributed by atoms with van der Waals surface area (Å²) in [6.07, 6.45) is 2.93. The number of hydrogen-bond acceptors (Lipinski definition) is 4.